The van der Waals surface area contributed by atoms with Gasteiger partial charge in [-0.2, -0.15) is 0 Å². The maximum absolute atomic E-state index is 10.8. The largest absolute Gasteiger partial charge is 0.478 e. The molecule has 1 aromatic heterocycles. The van der Waals surface area contributed by atoms with Gasteiger partial charge in [-0.15, -0.1) is 0 Å². The molecule has 7 nitrogen and oxygen atoms in total. The number of ether oxygens (including phenoxy) is 1. The molecule has 0 fully saturated rings. The Bertz CT molecular complexity index is 715. The van der Waals surface area contributed by atoms with Crippen molar-refractivity contribution in [3.63, 3.8) is 0 Å². The van der Waals surface area contributed by atoms with E-state index in [4.69, 9.17) is 9.84 Å². The lowest BCUT2D eigenvalue weighted by atomic mass is 10.2. The Morgan fingerprint density at radius 1 is 1.38 bits per heavy atom. The van der Waals surface area contributed by atoms with Gasteiger partial charge in [-0.3, -0.25) is 10.1 Å². The van der Waals surface area contributed by atoms with E-state index in [1.807, 2.05) is 0 Å². The van der Waals surface area contributed by atoms with Crippen LogP contribution in [-0.4, -0.2) is 21.0 Å². The molecule has 0 saturated carbocycles. The van der Waals surface area contributed by atoms with Gasteiger partial charge in [-0.05, 0) is 47.1 Å². The van der Waals surface area contributed by atoms with E-state index in [2.05, 4.69) is 20.9 Å². The molecule has 1 N–H and O–H groups in total. The van der Waals surface area contributed by atoms with Crippen LogP contribution >= 0.6 is 15.9 Å². The molecule has 2 rings (SSSR count). The minimum atomic E-state index is -1.04. The zero-order valence-electron chi connectivity index (χ0n) is 10.7. The number of rotatable bonds is 4. The number of carboxylic acids is 1. The van der Waals surface area contributed by atoms with Crippen molar-refractivity contribution >= 4 is 27.6 Å². The number of nitro groups is 1. The highest BCUT2D eigenvalue weighted by Gasteiger charge is 2.18. The van der Waals surface area contributed by atoms with Crippen LogP contribution in [0.5, 0.6) is 11.6 Å². The van der Waals surface area contributed by atoms with E-state index in [-0.39, 0.29) is 17.1 Å². The first-order chi connectivity index (χ1) is 9.90. The summed E-state index contributed by atoms with van der Waals surface area (Å²) < 4.78 is 5.86. The maximum atomic E-state index is 10.8. The van der Waals surface area contributed by atoms with Crippen molar-refractivity contribution in [2.45, 2.75) is 6.92 Å². The number of hydrogen-bond donors (Lipinski definition) is 1. The summed E-state index contributed by atoms with van der Waals surface area (Å²) in [5, 5.41) is 19.6. The number of hydrogen-bond acceptors (Lipinski definition) is 5. The van der Waals surface area contributed by atoms with E-state index in [0.29, 0.717) is 15.8 Å². The van der Waals surface area contributed by atoms with Crippen LogP contribution in [0.1, 0.15) is 15.9 Å². The second-order valence-corrected chi connectivity index (χ2v) is 4.87. The highest BCUT2D eigenvalue weighted by Crippen LogP contribution is 2.34. The monoisotopic (exact) mass is 352 g/mol. The molecule has 0 radical (unpaired) electrons. The number of benzene rings is 1. The zero-order valence-corrected chi connectivity index (χ0v) is 12.3. The quantitative estimate of drug-likeness (QED) is 0.666. The van der Waals surface area contributed by atoms with Crippen LogP contribution in [0, 0.1) is 17.0 Å². The van der Waals surface area contributed by atoms with Crippen molar-refractivity contribution in [1.82, 2.24) is 4.98 Å². The number of carbonyl (C=O) groups is 1. The number of halogens is 1. The summed E-state index contributed by atoms with van der Waals surface area (Å²) in [4.78, 5) is 24.9. The third-order valence-corrected chi connectivity index (χ3v) is 3.65. The molecule has 0 atom stereocenters. The summed E-state index contributed by atoms with van der Waals surface area (Å²) in [6.45, 7) is 1.57. The first-order valence-corrected chi connectivity index (χ1v) is 6.50. The predicted octanol–water partition coefficient (Wildman–Crippen LogP) is 3.55. The Hall–Kier alpha value is -2.48. The number of carboxylic acid groups (broad SMARTS) is 1. The molecule has 8 heteroatoms. The van der Waals surface area contributed by atoms with Crippen LogP contribution in [0.4, 0.5) is 5.69 Å². The fourth-order valence-electron chi connectivity index (χ4n) is 1.58. The van der Waals surface area contributed by atoms with Crippen molar-refractivity contribution in [2.24, 2.45) is 0 Å². The standard InChI is InChI=1S/C13H9BrN2O5/c1-7-10(16(19)20)6-15-12(11(7)14)21-9-4-2-8(3-5-9)13(17)18/h2-6H,1H3,(H,17,18). The zero-order chi connectivity index (χ0) is 15.6. The van der Waals surface area contributed by atoms with E-state index < -0.39 is 10.9 Å². The molecule has 0 aliphatic heterocycles. The molecule has 0 aliphatic carbocycles. The van der Waals surface area contributed by atoms with Gasteiger partial charge in [-0.1, -0.05) is 0 Å². The number of aromatic carboxylic acids is 1. The van der Waals surface area contributed by atoms with E-state index in [1.54, 1.807) is 6.92 Å². The highest BCUT2D eigenvalue weighted by atomic mass is 79.9. The molecule has 0 saturated heterocycles. The van der Waals surface area contributed by atoms with Crippen molar-refractivity contribution in [3.8, 4) is 11.6 Å². The van der Waals surface area contributed by atoms with Crippen LogP contribution in [-0.2, 0) is 0 Å². The normalized spacial score (nSPS) is 10.2. The van der Waals surface area contributed by atoms with Crippen molar-refractivity contribution in [3.05, 3.63) is 56.2 Å². The SMILES string of the molecule is Cc1c([N+](=O)[O-])cnc(Oc2ccc(C(=O)O)cc2)c1Br. The first kappa shape index (κ1) is 14.9. The molecule has 0 aliphatic rings. The lowest BCUT2D eigenvalue weighted by molar-refractivity contribution is -0.385. The third kappa shape index (κ3) is 3.16. The van der Waals surface area contributed by atoms with Crippen molar-refractivity contribution < 1.29 is 19.6 Å². The number of pyridine rings is 1. The topological polar surface area (TPSA) is 103 Å². The molecule has 1 heterocycles. The third-order valence-electron chi connectivity index (χ3n) is 2.72. The smallest absolute Gasteiger partial charge is 0.335 e. The lowest BCUT2D eigenvalue weighted by Gasteiger charge is -2.08. The van der Waals surface area contributed by atoms with Crippen LogP contribution in [0.2, 0.25) is 0 Å². The Morgan fingerprint density at radius 3 is 2.52 bits per heavy atom. The molecule has 108 valence electrons. The van der Waals surface area contributed by atoms with E-state index in [9.17, 15) is 14.9 Å². The molecule has 21 heavy (non-hydrogen) atoms. The summed E-state index contributed by atoms with van der Waals surface area (Å²) in [5.74, 6) is -0.491. The fourth-order valence-corrected chi connectivity index (χ4v) is 1.96. The number of aromatic nitrogens is 1. The Balaban J connectivity index is 2.29. The van der Waals surface area contributed by atoms with Crippen molar-refractivity contribution in [2.75, 3.05) is 0 Å². The van der Waals surface area contributed by atoms with Crippen molar-refractivity contribution in [1.29, 1.82) is 0 Å². The Morgan fingerprint density at radius 2 is 2.00 bits per heavy atom. The second-order valence-electron chi connectivity index (χ2n) is 4.08. The lowest BCUT2D eigenvalue weighted by Crippen LogP contribution is -1.98. The summed E-state index contributed by atoms with van der Waals surface area (Å²) in [7, 11) is 0. The second kappa shape index (κ2) is 5.88. The van der Waals surface area contributed by atoms with Gasteiger partial charge in [-0.25, -0.2) is 9.78 Å². The van der Waals surface area contributed by atoms with E-state index in [1.165, 1.54) is 24.3 Å². The molecular weight excluding hydrogens is 344 g/mol. The number of nitrogens with zero attached hydrogens (tertiary/aromatic N) is 2. The molecular formula is C13H9BrN2O5. The maximum Gasteiger partial charge on any atom is 0.335 e. The summed E-state index contributed by atoms with van der Waals surface area (Å²) in [6.07, 6.45) is 1.11. The van der Waals surface area contributed by atoms with Gasteiger partial charge >= 0.3 is 5.97 Å². The van der Waals surface area contributed by atoms with Gasteiger partial charge in [0.1, 0.15) is 11.9 Å². The Kier molecular flexibility index (Phi) is 4.18. The predicted molar refractivity (Wildman–Crippen MR) is 76.8 cm³/mol. The average molecular weight is 353 g/mol. The molecule has 1 aromatic carbocycles. The van der Waals surface area contributed by atoms with Gasteiger partial charge in [0.25, 0.3) is 5.69 Å². The van der Waals surface area contributed by atoms with Gasteiger partial charge < -0.3 is 9.84 Å². The van der Waals surface area contributed by atoms with Gasteiger partial charge in [0.2, 0.25) is 5.88 Å². The van der Waals surface area contributed by atoms with Crippen LogP contribution < -0.4 is 4.74 Å². The minimum Gasteiger partial charge on any atom is -0.478 e. The van der Waals surface area contributed by atoms with Gasteiger partial charge in [0.15, 0.2) is 0 Å². The highest BCUT2D eigenvalue weighted by molar-refractivity contribution is 9.10. The fraction of sp³-hybridized carbons (Fsp3) is 0.0769. The molecule has 2 aromatic rings. The van der Waals surface area contributed by atoms with E-state index in [0.717, 1.165) is 6.20 Å². The first-order valence-electron chi connectivity index (χ1n) is 5.71. The Labute approximate surface area is 127 Å². The summed E-state index contributed by atoms with van der Waals surface area (Å²) in [5.41, 5.74) is 0.414. The van der Waals surface area contributed by atoms with Crippen LogP contribution in [0.15, 0.2) is 34.9 Å². The van der Waals surface area contributed by atoms with Gasteiger partial charge in [0, 0.05) is 5.56 Å². The van der Waals surface area contributed by atoms with Crippen LogP contribution in [0.3, 0.4) is 0 Å². The minimum absolute atomic E-state index is 0.115. The van der Waals surface area contributed by atoms with Crippen LogP contribution in [0.25, 0.3) is 0 Å². The average Bonchev–Trinajstić information content (AvgIpc) is 2.44. The summed E-state index contributed by atoms with van der Waals surface area (Å²) in [6, 6.07) is 5.75. The molecule has 0 bridgehead atoms. The molecule has 0 amide bonds. The van der Waals surface area contributed by atoms with E-state index >= 15 is 0 Å². The molecule has 0 spiro atoms. The summed E-state index contributed by atoms with van der Waals surface area (Å²) >= 11 is 3.21. The molecule has 0 unspecified atom stereocenters. The van der Waals surface area contributed by atoms with Gasteiger partial charge in [0.05, 0.1) is 15.0 Å².